The average Bonchev–Trinajstić information content (AvgIpc) is 2.90. The molecule has 2 aliphatic carbocycles. The van der Waals surface area contributed by atoms with Gasteiger partial charge in [-0.25, -0.2) is 0 Å². The number of carbonyl (C=O) groups excluding carboxylic acids is 1. The Bertz CT molecular complexity index is 378. The van der Waals surface area contributed by atoms with E-state index in [9.17, 15) is 4.79 Å². The SMILES string of the molecule is CC1(C)CCCN1C1CCC(NC2CC2)(C(N)=O)C1. The maximum Gasteiger partial charge on any atom is 0.237 e. The Balaban J connectivity index is 1.72. The molecule has 0 aromatic carbocycles. The molecule has 0 aromatic rings. The molecule has 108 valence electrons. The number of nitrogens with two attached hydrogens (primary N) is 1. The summed E-state index contributed by atoms with van der Waals surface area (Å²) in [4.78, 5) is 14.6. The molecule has 0 radical (unpaired) electrons. The monoisotopic (exact) mass is 265 g/mol. The molecule has 3 rings (SSSR count). The summed E-state index contributed by atoms with van der Waals surface area (Å²) in [6, 6.07) is 1.06. The first-order chi connectivity index (χ1) is 8.93. The van der Waals surface area contributed by atoms with E-state index in [1.807, 2.05) is 0 Å². The van der Waals surface area contributed by atoms with Gasteiger partial charge in [0, 0.05) is 17.6 Å². The van der Waals surface area contributed by atoms with Crippen LogP contribution in [0.5, 0.6) is 0 Å². The molecule has 0 spiro atoms. The van der Waals surface area contributed by atoms with Crippen LogP contribution in [-0.2, 0) is 4.79 Å². The normalized spacial score (nSPS) is 38.7. The Morgan fingerprint density at radius 3 is 2.53 bits per heavy atom. The van der Waals surface area contributed by atoms with Crippen molar-refractivity contribution in [1.82, 2.24) is 10.2 Å². The van der Waals surface area contributed by atoms with Crippen LogP contribution >= 0.6 is 0 Å². The smallest absolute Gasteiger partial charge is 0.237 e. The van der Waals surface area contributed by atoms with Gasteiger partial charge in [0.1, 0.15) is 0 Å². The zero-order chi connectivity index (χ0) is 13.7. The first-order valence-corrected chi connectivity index (χ1v) is 7.77. The number of nitrogens with one attached hydrogen (secondary N) is 1. The Morgan fingerprint density at radius 1 is 1.26 bits per heavy atom. The molecule has 3 fully saturated rings. The van der Waals surface area contributed by atoms with Crippen molar-refractivity contribution in [2.75, 3.05) is 6.54 Å². The highest BCUT2D eigenvalue weighted by molar-refractivity contribution is 5.85. The second-order valence-corrected chi connectivity index (χ2v) is 7.37. The van der Waals surface area contributed by atoms with Crippen LogP contribution in [0.4, 0.5) is 0 Å². The molecular weight excluding hydrogens is 238 g/mol. The van der Waals surface area contributed by atoms with Gasteiger partial charge in [-0.3, -0.25) is 9.69 Å². The molecule has 3 N–H and O–H groups in total. The summed E-state index contributed by atoms with van der Waals surface area (Å²) in [5.41, 5.74) is 5.58. The molecule has 1 aliphatic heterocycles. The minimum Gasteiger partial charge on any atom is -0.368 e. The summed E-state index contributed by atoms with van der Waals surface area (Å²) >= 11 is 0. The van der Waals surface area contributed by atoms with Crippen molar-refractivity contribution in [1.29, 1.82) is 0 Å². The molecule has 0 aromatic heterocycles. The largest absolute Gasteiger partial charge is 0.368 e. The lowest BCUT2D eigenvalue weighted by Gasteiger charge is -2.37. The molecule has 1 amide bonds. The van der Waals surface area contributed by atoms with Gasteiger partial charge in [-0.2, -0.15) is 0 Å². The van der Waals surface area contributed by atoms with E-state index in [4.69, 9.17) is 5.73 Å². The molecular formula is C15H27N3O. The van der Waals surface area contributed by atoms with E-state index in [1.54, 1.807) is 0 Å². The van der Waals surface area contributed by atoms with Crippen molar-refractivity contribution in [3.8, 4) is 0 Å². The van der Waals surface area contributed by atoms with E-state index >= 15 is 0 Å². The second kappa shape index (κ2) is 4.45. The van der Waals surface area contributed by atoms with Gasteiger partial charge in [-0.15, -0.1) is 0 Å². The Labute approximate surface area is 116 Å². The quantitative estimate of drug-likeness (QED) is 0.807. The maximum atomic E-state index is 11.9. The fraction of sp³-hybridized carbons (Fsp3) is 0.933. The second-order valence-electron chi connectivity index (χ2n) is 7.37. The minimum absolute atomic E-state index is 0.140. The lowest BCUT2D eigenvalue weighted by atomic mass is 9.95. The van der Waals surface area contributed by atoms with E-state index in [1.165, 1.54) is 32.2 Å². The first-order valence-electron chi connectivity index (χ1n) is 7.77. The summed E-state index contributed by atoms with van der Waals surface area (Å²) in [5, 5.41) is 3.55. The third-order valence-electron chi connectivity index (χ3n) is 5.42. The molecule has 1 heterocycles. The van der Waals surface area contributed by atoms with Gasteiger partial charge in [-0.1, -0.05) is 0 Å². The van der Waals surface area contributed by atoms with Crippen LogP contribution in [-0.4, -0.2) is 40.5 Å². The molecule has 4 nitrogen and oxygen atoms in total. The minimum atomic E-state index is -0.426. The standard InChI is InChI=1S/C15H27N3O/c1-14(2)7-3-9-18(14)12-6-8-15(10-12,13(16)19)17-11-4-5-11/h11-12,17H,3-10H2,1-2H3,(H2,16,19). The van der Waals surface area contributed by atoms with Gasteiger partial charge in [0.05, 0.1) is 5.54 Å². The van der Waals surface area contributed by atoms with Crippen LogP contribution in [0.1, 0.15) is 58.8 Å². The molecule has 2 atom stereocenters. The van der Waals surface area contributed by atoms with E-state index in [0.717, 1.165) is 19.3 Å². The number of amides is 1. The predicted octanol–water partition coefficient (Wildman–Crippen LogP) is 1.39. The van der Waals surface area contributed by atoms with E-state index in [0.29, 0.717) is 12.1 Å². The van der Waals surface area contributed by atoms with Crippen molar-refractivity contribution in [2.45, 2.75) is 82.0 Å². The van der Waals surface area contributed by atoms with Gasteiger partial charge in [0.2, 0.25) is 5.91 Å². The highest BCUT2D eigenvalue weighted by Crippen LogP contribution is 2.41. The topological polar surface area (TPSA) is 58.4 Å². The van der Waals surface area contributed by atoms with Crippen LogP contribution in [0.15, 0.2) is 0 Å². The van der Waals surface area contributed by atoms with Gasteiger partial charge < -0.3 is 11.1 Å². The Kier molecular flexibility index (Phi) is 3.13. The van der Waals surface area contributed by atoms with Crippen LogP contribution < -0.4 is 11.1 Å². The van der Waals surface area contributed by atoms with Gasteiger partial charge >= 0.3 is 0 Å². The lowest BCUT2D eigenvalue weighted by Crippen LogP contribution is -2.56. The average molecular weight is 265 g/mol. The molecule has 2 saturated carbocycles. The number of hydrogen-bond acceptors (Lipinski definition) is 3. The third-order valence-corrected chi connectivity index (χ3v) is 5.42. The van der Waals surface area contributed by atoms with Crippen LogP contribution in [0, 0.1) is 0 Å². The van der Waals surface area contributed by atoms with Crippen molar-refractivity contribution < 1.29 is 4.79 Å². The van der Waals surface area contributed by atoms with Crippen LogP contribution in [0.2, 0.25) is 0 Å². The summed E-state index contributed by atoms with van der Waals surface area (Å²) < 4.78 is 0. The summed E-state index contributed by atoms with van der Waals surface area (Å²) in [7, 11) is 0. The summed E-state index contributed by atoms with van der Waals surface area (Å²) in [6.07, 6.45) is 7.88. The Morgan fingerprint density at radius 2 is 2.00 bits per heavy atom. The van der Waals surface area contributed by atoms with Crippen molar-refractivity contribution in [2.24, 2.45) is 5.73 Å². The van der Waals surface area contributed by atoms with Gasteiger partial charge in [0.15, 0.2) is 0 Å². The molecule has 4 heteroatoms. The van der Waals surface area contributed by atoms with E-state index in [-0.39, 0.29) is 11.4 Å². The van der Waals surface area contributed by atoms with E-state index < -0.39 is 5.54 Å². The lowest BCUT2D eigenvalue weighted by molar-refractivity contribution is -0.124. The molecule has 0 bridgehead atoms. The van der Waals surface area contributed by atoms with Crippen molar-refractivity contribution in [3.63, 3.8) is 0 Å². The van der Waals surface area contributed by atoms with Crippen LogP contribution in [0.3, 0.4) is 0 Å². The molecule has 19 heavy (non-hydrogen) atoms. The molecule has 3 aliphatic rings. The number of carbonyl (C=O) groups is 1. The van der Waals surface area contributed by atoms with Crippen LogP contribution in [0.25, 0.3) is 0 Å². The van der Waals surface area contributed by atoms with Crippen molar-refractivity contribution >= 4 is 5.91 Å². The highest BCUT2D eigenvalue weighted by Gasteiger charge is 2.50. The fourth-order valence-electron chi connectivity index (χ4n) is 4.13. The number of hydrogen-bond donors (Lipinski definition) is 2. The molecule has 1 saturated heterocycles. The zero-order valence-electron chi connectivity index (χ0n) is 12.2. The van der Waals surface area contributed by atoms with Crippen molar-refractivity contribution in [3.05, 3.63) is 0 Å². The Hall–Kier alpha value is -0.610. The number of nitrogens with zero attached hydrogens (tertiary/aromatic N) is 1. The summed E-state index contributed by atoms with van der Waals surface area (Å²) in [6.45, 7) is 5.84. The van der Waals surface area contributed by atoms with Gasteiger partial charge in [-0.05, 0) is 65.3 Å². The summed E-state index contributed by atoms with van der Waals surface area (Å²) in [5.74, 6) is -0.140. The third kappa shape index (κ3) is 2.40. The number of likely N-dealkylation sites (tertiary alicyclic amines) is 1. The predicted molar refractivity (Wildman–Crippen MR) is 75.7 cm³/mol. The number of rotatable bonds is 4. The maximum absolute atomic E-state index is 11.9. The highest BCUT2D eigenvalue weighted by atomic mass is 16.1. The first kappa shape index (κ1) is 13.4. The van der Waals surface area contributed by atoms with E-state index in [2.05, 4.69) is 24.1 Å². The number of primary amides is 1. The zero-order valence-corrected chi connectivity index (χ0v) is 12.2. The van der Waals surface area contributed by atoms with Gasteiger partial charge in [0.25, 0.3) is 0 Å². The fourth-order valence-corrected chi connectivity index (χ4v) is 4.13. The molecule has 2 unspecified atom stereocenters.